The Hall–Kier alpha value is -1.63. The highest BCUT2D eigenvalue weighted by Gasteiger charge is 2.47. The summed E-state index contributed by atoms with van der Waals surface area (Å²) in [5, 5.41) is 20.3. The van der Waals surface area contributed by atoms with Crippen LogP contribution in [0.2, 0.25) is 0 Å². The van der Waals surface area contributed by atoms with Crippen molar-refractivity contribution in [2.75, 3.05) is 32.7 Å². The maximum absolute atomic E-state index is 14.1. The number of carbonyl (C=O) groups excluding carboxylic acids is 1. The molecular formula is C37H73N2O5+. The molecule has 0 aliphatic carbocycles. The van der Waals surface area contributed by atoms with E-state index in [0.29, 0.717) is 23.9 Å². The largest absolute Gasteiger partial charge is 0.481 e. The molecule has 44 heavy (non-hydrogen) atoms. The molecule has 7 nitrogen and oxygen atoms in total. The molecule has 0 radical (unpaired) electrons. The molecule has 1 amide bonds. The van der Waals surface area contributed by atoms with Gasteiger partial charge in [-0.1, -0.05) is 136 Å². The Labute approximate surface area is 272 Å². The molecule has 0 fully saturated rings. The van der Waals surface area contributed by atoms with Crippen molar-refractivity contribution >= 4 is 17.8 Å². The third-order valence-corrected chi connectivity index (χ3v) is 10.1. The van der Waals surface area contributed by atoms with Gasteiger partial charge in [-0.3, -0.25) is 9.59 Å². The number of hydrogen-bond donors (Lipinski definition) is 2. The van der Waals surface area contributed by atoms with Gasteiger partial charge >= 0.3 is 11.9 Å². The number of carboxylic acids is 2. The summed E-state index contributed by atoms with van der Waals surface area (Å²) in [5.74, 6) is -2.19. The summed E-state index contributed by atoms with van der Waals surface area (Å²) in [4.78, 5) is 40.6. The van der Waals surface area contributed by atoms with Crippen molar-refractivity contribution in [1.82, 2.24) is 4.90 Å². The van der Waals surface area contributed by atoms with E-state index in [9.17, 15) is 24.6 Å². The van der Waals surface area contributed by atoms with Gasteiger partial charge in [0, 0.05) is 13.0 Å². The first-order valence-corrected chi connectivity index (χ1v) is 18.8. The summed E-state index contributed by atoms with van der Waals surface area (Å²) in [6.45, 7) is 13.8. The van der Waals surface area contributed by atoms with Crippen LogP contribution in [0.4, 0.5) is 0 Å². The molecule has 0 spiro atoms. The Morgan fingerprint density at radius 1 is 0.545 bits per heavy atom. The van der Waals surface area contributed by atoms with Crippen molar-refractivity contribution in [3.8, 4) is 0 Å². The number of unbranched alkanes of at least 4 members (excludes halogenated alkanes) is 18. The highest BCUT2D eigenvalue weighted by Crippen LogP contribution is 2.31. The molecule has 0 aliphatic heterocycles. The number of quaternary nitrogens is 1. The van der Waals surface area contributed by atoms with Gasteiger partial charge in [0.2, 0.25) is 0 Å². The van der Waals surface area contributed by atoms with Crippen LogP contribution in [0, 0.1) is 0 Å². The lowest BCUT2D eigenvalue weighted by atomic mass is 9.84. The summed E-state index contributed by atoms with van der Waals surface area (Å²) in [6.07, 6.45) is 23.1. The van der Waals surface area contributed by atoms with Crippen LogP contribution in [-0.2, 0) is 14.4 Å². The zero-order chi connectivity index (χ0) is 33.1. The highest BCUT2D eigenvalue weighted by molar-refractivity contribution is 5.88. The molecule has 1 atom stereocenters. The van der Waals surface area contributed by atoms with Crippen LogP contribution >= 0.6 is 0 Å². The fourth-order valence-corrected chi connectivity index (χ4v) is 6.66. The maximum Gasteiger partial charge on any atom is 0.329 e. The van der Waals surface area contributed by atoms with Crippen molar-refractivity contribution in [3.63, 3.8) is 0 Å². The van der Waals surface area contributed by atoms with Crippen molar-refractivity contribution < 1.29 is 29.1 Å². The molecule has 0 heterocycles. The Balaban J connectivity index is 5.59. The summed E-state index contributed by atoms with van der Waals surface area (Å²) in [5.41, 5.74) is -1.47. The fraction of sp³-hybridized carbons (Fsp3) is 0.919. The van der Waals surface area contributed by atoms with Gasteiger partial charge in [-0.15, -0.1) is 0 Å². The molecule has 0 saturated carbocycles. The molecule has 0 aromatic rings. The SMILES string of the molecule is CCCCCCCCCCCCN(C(=O)C[N+](CC)(CC)CC)[C@](CCCCCCCCCCCC)(CCC(=O)O)C(=O)O. The predicted molar refractivity (Wildman–Crippen MR) is 184 cm³/mol. The van der Waals surface area contributed by atoms with Gasteiger partial charge in [-0.2, -0.15) is 0 Å². The van der Waals surface area contributed by atoms with E-state index in [-0.39, 0.29) is 25.3 Å². The first-order valence-electron chi connectivity index (χ1n) is 18.8. The zero-order valence-corrected chi connectivity index (χ0v) is 29.8. The maximum atomic E-state index is 14.1. The van der Waals surface area contributed by atoms with E-state index in [0.717, 1.165) is 58.2 Å². The smallest absolute Gasteiger partial charge is 0.329 e. The van der Waals surface area contributed by atoms with E-state index in [1.54, 1.807) is 4.90 Å². The fourth-order valence-electron chi connectivity index (χ4n) is 6.66. The van der Waals surface area contributed by atoms with Gasteiger partial charge in [-0.25, -0.2) is 4.79 Å². The van der Waals surface area contributed by atoms with Crippen LogP contribution < -0.4 is 0 Å². The lowest BCUT2D eigenvalue weighted by Crippen LogP contribution is -2.62. The Bertz CT molecular complexity index is 731. The van der Waals surface area contributed by atoms with E-state index in [1.807, 2.05) is 0 Å². The normalized spacial score (nSPS) is 13.1. The standard InChI is InChI=1S/C37H72N2O5/c1-6-11-13-15-17-19-21-23-25-27-30-37(36(43)44,31-29-35(41)42)38(34(40)33-39(8-3,9-4)10-5)32-28-26-24-22-20-18-16-14-12-7-2/h6-33H2,1-5H3,(H-,41,42,43,44)/p+1/t37-/m1/s1. The van der Waals surface area contributed by atoms with Crippen molar-refractivity contribution in [2.45, 2.75) is 188 Å². The Morgan fingerprint density at radius 2 is 0.932 bits per heavy atom. The van der Waals surface area contributed by atoms with Gasteiger partial charge in [0.1, 0.15) is 5.54 Å². The molecule has 0 rings (SSSR count). The number of likely N-dealkylation sites (N-methyl/N-ethyl adjacent to an activating group) is 1. The molecule has 0 unspecified atom stereocenters. The number of hydrogen-bond acceptors (Lipinski definition) is 3. The third-order valence-electron chi connectivity index (χ3n) is 10.1. The topological polar surface area (TPSA) is 94.9 Å². The second-order valence-electron chi connectivity index (χ2n) is 13.3. The molecule has 0 aromatic heterocycles. The van der Waals surface area contributed by atoms with E-state index >= 15 is 0 Å². The molecule has 7 heteroatoms. The first kappa shape index (κ1) is 42.4. The van der Waals surface area contributed by atoms with Gasteiger partial charge in [0.05, 0.1) is 19.6 Å². The lowest BCUT2D eigenvalue weighted by Gasteiger charge is -2.43. The van der Waals surface area contributed by atoms with Crippen LogP contribution in [0.25, 0.3) is 0 Å². The Kier molecular flexibility index (Phi) is 25.6. The molecule has 0 aliphatic rings. The van der Waals surface area contributed by atoms with Crippen LogP contribution in [0.15, 0.2) is 0 Å². The van der Waals surface area contributed by atoms with E-state index in [4.69, 9.17) is 0 Å². The van der Waals surface area contributed by atoms with E-state index in [2.05, 4.69) is 34.6 Å². The molecule has 260 valence electrons. The Morgan fingerprint density at radius 3 is 1.30 bits per heavy atom. The summed E-state index contributed by atoms with van der Waals surface area (Å²) in [6, 6.07) is 0. The highest BCUT2D eigenvalue weighted by atomic mass is 16.4. The number of carboxylic acid groups (broad SMARTS) is 2. The van der Waals surface area contributed by atoms with Gasteiger partial charge in [0.25, 0.3) is 5.91 Å². The van der Waals surface area contributed by atoms with Crippen molar-refractivity contribution in [1.29, 1.82) is 0 Å². The van der Waals surface area contributed by atoms with E-state index in [1.165, 1.54) is 83.5 Å². The monoisotopic (exact) mass is 626 g/mol. The number of carbonyl (C=O) groups is 3. The molecule has 0 aromatic carbocycles. The molecule has 2 N–H and O–H groups in total. The predicted octanol–water partition coefficient (Wildman–Crippen LogP) is 9.61. The van der Waals surface area contributed by atoms with Crippen LogP contribution in [0.1, 0.15) is 182 Å². The molecule has 0 saturated heterocycles. The number of rotatable bonds is 32. The van der Waals surface area contributed by atoms with E-state index < -0.39 is 17.5 Å². The zero-order valence-electron chi connectivity index (χ0n) is 29.8. The summed E-state index contributed by atoms with van der Waals surface area (Å²) >= 11 is 0. The minimum absolute atomic E-state index is 0.0387. The van der Waals surface area contributed by atoms with Gasteiger partial charge < -0.3 is 19.6 Å². The quantitative estimate of drug-likeness (QED) is 0.0573. The molecule has 0 bridgehead atoms. The minimum Gasteiger partial charge on any atom is -0.481 e. The average molecular weight is 626 g/mol. The minimum atomic E-state index is -1.47. The van der Waals surface area contributed by atoms with Gasteiger partial charge in [-0.05, 0) is 40.0 Å². The van der Waals surface area contributed by atoms with Gasteiger partial charge in [0.15, 0.2) is 6.54 Å². The van der Waals surface area contributed by atoms with Crippen molar-refractivity contribution in [3.05, 3.63) is 0 Å². The number of amides is 1. The summed E-state index contributed by atoms with van der Waals surface area (Å²) < 4.78 is 0.611. The lowest BCUT2D eigenvalue weighted by molar-refractivity contribution is -0.916. The number of aliphatic carboxylic acids is 2. The van der Waals surface area contributed by atoms with Crippen LogP contribution in [0.5, 0.6) is 0 Å². The van der Waals surface area contributed by atoms with Crippen LogP contribution in [-0.4, -0.2) is 75.7 Å². The second kappa shape index (κ2) is 26.6. The number of nitrogens with zero attached hydrogens (tertiary/aromatic N) is 2. The van der Waals surface area contributed by atoms with Crippen molar-refractivity contribution in [2.24, 2.45) is 0 Å². The first-order chi connectivity index (χ1) is 21.2. The average Bonchev–Trinajstić information content (AvgIpc) is 3.01. The molecular weight excluding hydrogens is 552 g/mol. The third kappa shape index (κ3) is 17.8. The second-order valence-corrected chi connectivity index (χ2v) is 13.3. The van der Waals surface area contributed by atoms with Crippen LogP contribution in [0.3, 0.4) is 0 Å². The summed E-state index contributed by atoms with van der Waals surface area (Å²) in [7, 11) is 0.